The van der Waals surface area contributed by atoms with Gasteiger partial charge in [-0.25, -0.2) is 4.98 Å². The Hall–Kier alpha value is -5.22. The van der Waals surface area contributed by atoms with E-state index >= 15 is 0 Å². The Bertz CT molecular complexity index is 2290. The molecule has 186 valence electrons. The van der Waals surface area contributed by atoms with E-state index in [1.54, 1.807) is 29.4 Å². The third-order valence-electron chi connectivity index (χ3n) is 6.84. The highest BCUT2D eigenvalue weighted by atomic mass is 32.1. The van der Waals surface area contributed by atoms with Crippen molar-refractivity contribution in [3.05, 3.63) is 91.0 Å². The van der Waals surface area contributed by atoms with Gasteiger partial charge in [0, 0.05) is 23.2 Å². The predicted molar refractivity (Wildman–Crippen MR) is 153 cm³/mol. The van der Waals surface area contributed by atoms with Gasteiger partial charge in [0.05, 0.1) is 45.6 Å². The van der Waals surface area contributed by atoms with Crippen molar-refractivity contribution in [1.29, 1.82) is 0 Å². The lowest BCUT2D eigenvalue weighted by atomic mass is 10.1. The zero-order valence-electron chi connectivity index (χ0n) is 20.3. The van der Waals surface area contributed by atoms with Crippen molar-refractivity contribution in [2.75, 3.05) is 0 Å². The molecular weight excluding hydrogens is 508 g/mol. The average molecular weight is 527 g/mol. The van der Waals surface area contributed by atoms with Gasteiger partial charge in [0.15, 0.2) is 5.65 Å². The van der Waals surface area contributed by atoms with Crippen LogP contribution in [0.5, 0.6) is 0 Å². The molecule has 8 bridgehead atoms. The van der Waals surface area contributed by atoms with Crippen molar-refractivity contribution in [2.24, 2.45) is 0 Å². The maximum Gasteiger partial charge on any atom is 0.236 e. The van der Waals surface area contributed by atoms with E-state index in [9.17, 15) is 4.79 Å². The first kappa shape index (κ1) is 21.8. The van der Waals surface area contributed by atoms with Gasteiger partial charge >= 0.3 is 0 Å². The van der Waals surface area contributed by atoms with E-state index in [4.69, 9.17) is 4.98 Å². The summed E-state index contributed by atoms with van der Waals surface area (Å²) in [5.41, 5.74) is 6.79. The fourth-order valence-electron chi connectivity index (χ4n) is 4.99. The highest BCUT2D eigenvalue weighted by Gasteiger charge is 2.14. The van der Waals surface area contributed by atoms with E-state index in [1.165, 1.54) is 11.3 Å². The molecule has 7 aromatic heterocycles. The van der Waals surface area contributed by atoms with Crippen LogP contribution in [-0.4, -0.2) is 45.6 Å². The van der Waals surface area contributed by atoms with E-state index in [2.05, 4.69) is 30.1 Å². The average Bonchev–Trinajstić information content (AvgIpc) is 3.71. The minimum Gasteiger partial charge on any atom is -0.336 e. The molecule has 0 atom stereocenters. The molecular formula is C29H18N8OS. The summed E-state index contributed by atoms with van der Waals surface area (Å²) in [4.78, 5) is 36.8. The molecule has 0 spiro atoms. The Balaban J connectivity index is 1.54. The summed E-state index contributed by atoms with van der Waals surface area (Å²) in [6, 6.07) is 19.5. The van der Waals surface area contributed by atoms with Crippen LogP contribution in [-0.2, 0) is 6.42 Å². The number of carbonyl (C=O) groups is 1. The molecule has 9 nitrogen and oxygen atoms in total. The molecule has 8 aromatic rings. The minimum absolute atomic E-state index is 0.0633. The van der Waals surface area contributed by atoms with Crippen LogP contribution in [0.3, 0.4) is 0 Å². The smallest absolute Gasteiger partial charge is 0.236 e. The molecule has 0 radical (unpaired) electrons. The van der Waals surface area contributed by atoms with Crippen LogP contribution >= 0.6 is 11.3 Å². The maximum absolute atomic E-state index is 13.9. The molecule has 0 fully saturated rings. The lowest BCUT2D eigenvalue weighted by Crippen LogP contribution is -2.14. The van der Waals surface area contributed by atoms with Crippen LogP contribution < -0.4 is 0 Å². The molecule has 0 amide bonds. The summed E-state index contributed by atoms with van der Waals surface area (Å²) < 4.78 is 2.63. The third-order valence-corrected chi connectivity index (χ3v) is 7.92. The van der Waals surface area contributed by atoms with Crippen LogP contribution in [0.1, 0.15) is 10.4 Å². The number of hydrogen-bond donors (Lipinski definition) is 2. The first-order valence-electron chi connectivity index (χ1n) is 12.3. The van der Waals surface area contributed by atoms with Crippen molar-refractivity contribution < 1.29 is 4.79 Å². The van der Waals surface area contributed by atoms with E-state index in [0.717, 1.165) is 53.4 Å². The summed E-state index contributed by atoms with van der Waals surface area (Å²) in [5, 5.41) is 9.28. The monoisotopic (exact) mass is 526 g/mol. The number of thiophene rings is 1. The number of nitrogens with one attached hydrogen (secondary N) is 2. The molecule has 2 N–H and O–H groups in total. The number of fused-ring (bicyclic) bond motifs is 9. The summed E-state index contributed by atoms with van der Waals surface area (Å²) in [6.07, 6.45) is 7.23. The Morgan fingerprint density at radius 1 is 0.897 bits per heavy atom. The molecule has 0 aliphatic heterocycles. The second-order valence-corrected chi connectivity index (χ2v) is 10.4. The number of H-pyrrole nitrogens is 2. The van der Waals surface area contributed by atoms with Crippen LogP contribution in [0.4, 0.5) is 0 Å². The number of pyridine rings is 3. The normalized spacial score (nSPS) is 11.8. The van der Waals surface area contributed by atoms with E-state index in [-0.39, 0.29) is 12.3 Å². The number of aromatic amines is 2. The number of carbonyl (C=O) groups excluding carboxylic acids is 1. The highest BCUT2D eigenvalue weighted by molar-refractivity contribution is 7.24. The molecule has 0 aliphatic rings. The van der Waals surface area contributed by atoms with Crippen LogP contribution in [0, 0.1) is 0 Å². The van der Waals surface area contributed by atoms with E-state index in [1.807, 2.05) is 60.7 Å². The Labute approximate surface area is 223 Å². The zero-order chi connectivity index (χ0) is 25.9. The van der Waals surface area contributed by atoms with E-state index < -0.39 is 0 Å². The minimum atomic E-state index is -0.0633. The predicted octanol–water partition coefficient (Wildman–Crippen LogP) is 6.11. The second kappa shape index (κ2) is 8.40. The number of benzene rings is 1. The summed E-state index contributed by atoms with van der Waals surface area (Å²) in [6.45, 7) is 0. The summed E-state index contributed by atoms with van der Waals surface area (Å²) >= 11 is 1.49. The van der Waals surface area contributed by atoms with Gasteiger partial charge < -0.3 is 4.98 Å². The Morgan fingerprint density at radius 2 is 1.82 bits per heavy atom. The van der Waals surface area contributed by atoms with Crippen molar-refractivity contribution in [1.82, 2.24) is 39.7 Å². The first-order chi connectivity index (χ1) is 19.2. The second-order valence-electron chi connectivity index (χ2n) is 9.29. The van der Waals surface area contributed by atoms with Crippen molar-refractivity contribution in [3.8, 4) is 0 Å². The number of aromatic nitrogens is 8. The number of rotatable bonds is 2. The topological polar surface area (TPSA) is 118 Å². The highest BCUT2D eigenvalue weighted by Crippen LogP contribution is 2.29. The standard InChI is InChI=1S/C29H18N8OS/c38-24(10-16-4-2-1-3-5-16)37-18-11-17(13-30-14-18)21-12-19-22(15-32-21)35-36-26(19)29-33-20-8-9-31-28(27(20)34-29)23-6-7-25(37)39-23/h1-9,11-15H,10H2,(H,33,34)(H,35,36). The zero-order valence-corrected chi connectivity index (χ0v) is 21.1. The molecule has 0 saturated carbocycles. The van der Waals surface area contributed by atoms with Crippen LogP contribution in [0.15, 0.2) is 85.5 Å². The molecule has 39 heavy (non-hydrogen) atoms. The van der Waals surface area contributed by atoms with E-state index in [0.29, 0.717) is 16.7 Å². The van der Waals surface area contributed by atoms with Gasteiger partial charge in [-0.15, -0.1) is 11.3 Å². The van der Waals surface area contributed by atoms with Crippen molar-refractivity contribution >= 4 is 81.8 Å². The molecule has 1 aromatic carbocycles. The summed E-state index contributed by atoms with van der Waals surface area (Å²) in [7, 11) is 0. The van der Waals surface area contributed by atoms with Gasteiger partial charge in [-0.1, -0.05) is 30.3 Å². The maximum atomic E-state index is 13.9. The number of imidazole rings is 1. The Kier molecular flexibility index (Phi) is 4.70. The molecule has 10 heteroatoms. The van der Waals surface area contributed by atoms with Gasteiger partial charge in [0.1, 0.15) is 21.4 Å². The van der Waals surface area contributed by atoms with Gasteiger partial charge in [-0.05, 0) is 35.9 Å². The van der Waals surface area contributed by atoms with Gasteiger partial charge in [0.2, 0.25) is 5.91 Å². The first-order valence-corrected chi connectivity index (χ1v) is 13.1. The molecule has 8 rings (SSSR count). The largest absolute Gasteiger partial charge is 0.336 e. The third kappa shape index (κ3) is 3.53. The number of hydrogen-bond acceptors (Lipinski definition) is 7. The fourth-order valence-corrected chi connectivity index (χ4v) is 6.03. The van der Waals surface area contributed by atoms with Crippen molar-refractivity contribution in [3.63, 3.8) is 0 Å². The van der Waals surface area contributed by atoms with Crippen molar-refractivity contribution in [2.45, 2.75) is 6.42 Å². The Morgan fingerprint density at radius 3 is 2.74 bits per heavy atom. The molecule has 7 heterocycles. The lowest BCUT2D eigenvalue weighted by molar-refractivity contribution is 0.0924. The van der Waals surface area contributed by atoms with Gasteiger partial charge in [-0.2, -0.15) is 5.10 Å². The van der Waals surface area contributed by atoms with Crippen LogP contribution in [0.25, 0.3) is 64.6 Å². The quantitative estimate of drug-likeness (QED) is 0.281. The lowest BCUT2D eigenvalue weighted by Gasteiger charge is -2.08. The fraction of sp³-hybridized carbons (Fsp3) is 0.0345. The molecule has 0 unspecified atom stereocenters. The SMILES string of the molecule is O=C(Cc1ccccc1)n1c2cncc(c2)c2cc3c(cn2)[nH]nc3c2nc3c(ccnc3c3ccc1s3)[nH]2. The van der Waals surface area contributed by atoms with Gasteiger partial charge in [-0.3, -0.25) is 29.4 Å². The summed E-state index contributed by atoms with van der Waals surface area (Å²) in [5.74, 6) is -0.0633. The van der Waals surface area contributed by atoms with Crippen LogP contribution in [0.2, 0.25) is 0 Å². The molecule has 0 saturated heterocycles. The van der Waals surface area contributed by atoms with Gasteiger partial charge in [0.25, 0.3) is 0 Å². The molecule has 0 aliphatic carbocycles. The number of nitrogens with zero attached hydrogens (tertiary/aromatic N) is 6.